The van der Waals surface area contributed by atoms with Gasteiger partial charge in [0.25, 0.3) is 0 Å². The lowest BCUT2D eigenvalue weighted by atomic mass is 10.2. The molecular weight excluding hydrogens is 241 g/mol. The number of thioether (sulfide) groups is 1. The van der Waals surface area contributed by atoms with Crippen molar-refractivity contribution in [1.82, 2.24) is 4.98 Å². The Hall–Kier alpha value is -1.54. The van der Waals surface area contributed by atoms with E-state index < -0.39 is 5.82 Å². The van der Waals surface area contributed by atoms with Crippen molar-refractivity contribution < 1.29 is 13.9 Å². The third-order valence-corrected chi connectivity index (χ3v) is 2.58. The van der Waals surface area contributed by atoms with Crippen LogP contribution in [-0.4, -0.2) is 23.0 Å². The first kappa shape index (κ1) is 13.5. The molecule has 17 heavy (non-hydrogen) atoms. The number of carbonyl (C=O) groups excluding carboxylic acids is 1. The second kappa shape index (κ2) is 6.92. The third kappa shape index (κ3) is 4.87. The van der Waals surface area contributed by atoms with Crippen molar-refractivity contribution >= 4 is 16.9 Å². The zero-order valence-corrected chi connectivity index (χ0v) is 10.4. The molecule has 0 spiro atoms. The van der Waals surface area contributed by atoms with E-state index in [0.29, 0.717) is 23.6 Å². The average Bonchev–Trinajstić information content (AvgIpc) is 2.28. The smallest absolute Gasteiger partial charge is 0.229 e. The summed E-state index contributed by atoms with van der Waals surface area (Å²) in [4.78, 5) is 14.4. The van der Waals surface area contributed by atoms with Crippen LogP contribution < -0.4 is 4.74 Å². The van der Waals surface area contributed by atoms with Crippen molar-refractivity contribution in [3.05, 3.63) is 23.6 Å². The largest absolute Gasteiger partial charge is 0.480 e. The highest BCUT2D eigenvalue weighted by atomic mass is 32.2. The molecule has 90 valence electrons. The first-order valence-electron chi connectivity index (χ1n) is 4.95. The fourth-order valence-corrected chi connectivity index (χ4v) is 1.57. The summed E-state index contributed by atoms with van der Waals surface area (Å²) in [7, 11) is 1.46. The maximum atomic E-state index is 12.9. The molecule has 0 saturated heterocycles. The summed E-state index contributed by atoms with van der Waals surface area (Å²) in [6, 6.07) is 1.27. The Morgan fingerprint density at radius 3 is 3.06 bits per heavy atom. The maximum Gasteiger partial charge on any atom is 0.229 e. The summed E-state index contributed by atoms with van der Waals surface area (Å²) >= 11 is 1.22. The van der Waals surface area contributed by atoms with Crippen LogP contribution in [0.3, 0.4) is 0 Å². The Labute approximate surface area is 104 Å². The quantitative estimate of drug-likeness (QED) is 0.612. The second-order valence-corrected chi connectivity index (χ2v) is 4.37. The van der Waals surface area contributed by atoms with Crippen LogP contribution in [-0.2, 0) is 4.79 Å². The summed E-state index contributed by atoms with van der Waals surface area (Å²) in [5, 5.41) is 0.0665. The molecule has 0 bridgehead atoms. The van der Waals surface area contributed by atoms with Gasteiger partial charge in [-0.15, -0.1) is 0 Å². The summed E-state index contributed by atoms with van der Waals surface area (Å²) < 4.78 is 17.9. The summed E-state index contributed by atoms with van der Waals surface area (Å²) in [6.45, 7) is 1.51. The van der Waals surface area contributed by atoms with E-state index in [4.69, 9.17) is 4.74 Å². The first-order valence-corrected chi connectivity index (χ1v) is 5.94. The lowest BCUT2D eigenvalue weighted by Crippen LogP contribution is -1.93. The van der Waals surface area contributed by atoms with Crippen LogP contribution in [0, 0.1) is 17.7 Å². The predicted molar refractivity (Wildman–Crippen MR) is 65.4 cm³/mol. The molecule has 0 aromatic carbocycles. The molecular formula is C12H12FNO2S. The number of pyridine rings is 1. The van der Waals surface area contributed by atoms with E-state index in [1.54, 1.807) is 0 Å². The van der Waals surface area contributed by atoms with Gasteiger partial charge in [-0.25, -0.2) is 9.37 Å². The minimum absolute atomic E-state index is 0.0665. The lowest BCUT2D eigenvalue weighted by molar-refractivity contribution is -0.109. The molecule has 3 nitrogen and oxygen atoms in total. The number of aromatic nitrogens is 1. The highest BCUT2D eigenvalue weighted by Gasteiger charge is 2.02. The van der Waals surface area contributed by atoms with E-state index in [1.807, 2.05) is 0 Å². The van der Waals surface area contributed by atoms with Gasteiger partial charge < -0.3 is 4.74 Å². The average molecular weight is 253 g/mol. The van der Waals surface area contributed by atoms with Gasteiger partial charge in [-0.3, -0.25) is 4.79 Å². The standard InChI is InChI=1S/C12H12FNO2S/c1-9(15)17-6-4-3-5-10-7-11(13)8-14-12(10)16-2/h7-8H,4,6H2,1-2H3. The molecule has 0 amide bonds. The number of nitrogens with zero attached hydrogens (tertiary/aromatic N) is 1. The van der Waals surface area contributed by atoms with E-state index >= 15 is 0 Å². The zero-order chi connectivity index (χ0) is 12.7. The van der Waals surface area contributed by atoms with Crippen LogP contribution >= 0.6 is 11.8 Å². The van der Waals surface area contributed by atoms with E-state index in [-0.39, 0.29) is 5.12 Å². The molecule has 0 atom stereocenters. The second-order valence-electron chi connectivity index (χ2n) is 3.10. The molecule has 0 aliphatic carbocycles. The van der Waals surface area contributed by atoms with Crippen LogP contribution in [0.4, 0.5) is 4.39 Å². The van der Waals surface area contributed by atoms with Crippen LogP contribution in [0.2, 0.25) is 0 Å². The highest BCUT2D eigenvalue weighted by molar-refractivity contribution is 8.13. The molecule has 1 heterocycles. The Morgan fingerprint density at radius 1 is 1.65 bits per heavy atom. The Bertz CT molecular complexity index is 465. The highest BCUT2D eigenvalue weighted by Crippen LogP contribution is 2.14. The molecule has 0 fully saturated rings. The van der Waals surface area contributed by atoms with Gasteiger partial charge in [0.15, 0.2) is 5.12 Å². The Kier molecular flexibility index (Phi) is 5.50. The van der Waals surface area contributed by atoms with E-state index in [0.717, 1.165) is 6.20 Å². The van der Waals surface area contributed by atoms with Crippen molar-refractivity contribution in [3.8, 4) is 17.7 Å². The third-order valence-electron chi connectivity index (χ3n) is 1.77. The fraction of sp³-hybridized carbons (Fsp3) is 0.333. The summed E-state index contributed by atoms with van der Waals surface area (Å²) in [5.74, 6) is 6.11. The minimum Gasteiger partial charge on any atom is -0.480 e. The maximum absolute atomic E-state index is 12.9. The normalized spacial score (nSPS) is 9.35. The van der Waals surface area contributed by atoms with Crippen LogP contribution in [0.1, 0.15) is 18.9 Å². The summed E-state index contributed by atoms with van der Waals surface area (Å²) in [5.41, 5.74) is 0.417. The lowest BCUT2D eigenvalue weighted by Gasteiger charge is -2.00. The number of methoxy groups -OCH3 is 1. The Morgan fingerprint density at radius 2 is 2.41 bits per heavy atom. The molecule has 1 aromatic heterocycles. The number of hydrogen-bond acceptors (Lipinski definition) is 4. The number of carbonyl (C=O) groups is 1. The molecule has 1 rings (SSSR count). The monoisotopic (exact) mass is 253 g/mol. The van der Waals surface area contributed by atoms with Crippen LogP contribution in [0.5, 0.6) is 5.88 Å². The van der Waals surface area contributed by atoms with Gasteiger partial charge in [0.05, 0.1) is 18.9 Å². The van der Waals surface area contributed by atoms with Crippen molar-refractivity contribution in [2.75, 3.05) is 12.9 Å². The predicted octanol–water partition coefficient (Wildman–Crippen LogP) is 2.25. The molecule has 1 aromatic rings. The van der Waals surface area contributed by atoms with Gasteiger partial charge in [0, 0.05) is 19.1 Å². The SMILES string of the molecule is COc1ncc(F)cc1C#CCCSC(C)=O. The van der Waals surface area contributed by atoms with Crippen LogP contribution in [0.15, 0.2) is 12.3 Å². The molecule has 0 aliphatic heterocycles. The van der Waals surface area contributed by atoms with Crippen molar-refractivity contribution in [2.24, 2.45) is 0 Å². The van der Waals surface area contributed by atoms with E-state index in [2.05, 4.69) is 16.8 Å². The van der Waals surface area contributed by atoms with Crippen molar-refractivity contribution in [1.29, 1.82) is 0 Å². The van der Waals surface area contributed by atoms with E-state index in [1.165, 1.54) is 31.9 Å². The van der Waals surface area contributed by atoms with E-state index in [9.17, 15) is 9.18 Å². The topological polar surface area (TPSA) is 39.2 Å². The van der Waals surface area contributed by atoms with Crippen molar-refractivity contribution in [3.63, 3.8) is 0 Å². The molecule has 5 heteroatoms. The number of ether oxygens (including phenoxy) is 1. The van der Waals surface area contributed by atoms with Gasteiger partial charge in [0.1, 0.15) is 5.82 Å². The van der Waals surface area contributed by atoms with Gasteiger partial charge >= 0.3 is 0 Å². The van der Waals surface area contributed by atoms with Crippen LogP contribution in [0.25, 0.3) is 0 Å². The van der Waals surface area contributed by atoms with Gasteiger partial charge in [-0.05, 0) is 6.07 Å². The van der Waals surface area contributed by atoms with Crippen molar-refractivity contribution in [2.45, 2.75) is 13.3 Å². The van der Waals surface area contributed by atoms with Gasteiger partial charge in [-0.2, -0.15) is 0 Å². The molecule has 0 radical (unpaired) electrons. The van der Waals surface area contributed by atoms with Gasteiger partial charge in [0.2, 0.25) is 5.88 Å². The molecule has 0 aliphatic rings. The first-order chi connectivity index (χ1) is 8.13. The summed E-state index contributed by atoms with van der Waals surface area (Å²) in [6.07, 6.45) is 1.64. The number of hydrogen-bond donors (Lipinski definition) is 0. The Balaban J connectivity index is 2.64. The number of rotatable bonds is 3. The fourth-order valence-electron chi connectivity index (χ4n) is 1.08. The number of halogens is 1. The molecule has 0 saturated carbocycles. The van der Waals surface area contributed by atoms with Gasteiger partial charge in [-0.1, -0.05) is 23.6 Å². The molecule has 0 N–H and O–H groups in total. The molecule has 0 unspecified atom stereocenters. The zero-order valence-electron chi connectivity index (χ0n) is 9.62. The minimum atomic E-state index is -0.451.